The summed E-state index contributed by atoms with van der Waals surface area (Å²) in [7, 11) is 1.55. The Kier molecular flexibility index (Phi) is 8.27. The third kappa shape index (κ3) is 6.90. The largest absolute Gasteiger partial charge is 0.490 e. The van der Waals surface area contributed by atoms with E-state index < -0.39 is 5.82 Å². The number of carbonyl (C=O) groups excluding carboxylic acids is 2. The van der Waals surface area contributed by atoms with E-state index in [0.29, 0.717) is 36.8 Å². The van der Waals surface area contributed by atoms with Crippen LogP contribution in [0.3, 0.4) is 0 Å². The van der Waals surface area contributed by atoms with Gasteiger partial charge in [-0.3, -0.25) is 9.59 Å². The van der Waals surface area contributed by atoms with E-state index in [1.165, 1.54) is 23.1 Å². The van der Waals surface area contributed by atoms with Crippen molar-refractivity contribution in [3.8, 4) is 11.5 Å². The summed E-state index contributed by atoms with van der Waals surface area (Å²) >= 11 is 0. The standard InChI is InChI=1S/C21H25FN2O4/c1-3-27-18-10-4-5-11-19(18)28-13-7-12-21(26)24(2)15-20(25)23-17-9-6-8-16(22)14-17/h4-6,8-11,14H,3,7,12-13,15H2,1-2H3,(H,23,25). The molecule has 0 heterocycles. The first-order chi connectivity index (χ1) is 13.5. The summed E-state index contributed by atoms with van der Waals surface area (Å²) in [6.07, 6.45) is 0.760. The average molecular weight is 388 g/mol. The molecule has 1 N–H and O–H groups in total. The van der Waals surface area contributed by atoms with Crippen molar-refractivity contribution < 1.29 is 23.5 Å². The monoisotopic (exact) mass is 388 g/mol. The van der Waals surface area contributed by atoms with E-state index in [-0.39, 0.29) is 24.8 Å². The molecule has 0 spiro atoms. The number of nitrogens with one attached hydrogen (secondary N) is 1. The van der Waals surface area contributed by atoms with Crippen LogP contribution < -0.4 is 14.8 Å². The number of hydrogen-bond acceptors (Lipinski definition) is 4. The van der Waals surface area contributed by atoms with Crippen LogP contribution >= 0.6 is 0 Å². The number of anilines is 1. The van der Waals surface area contributed by atoms with Gasteiger partial charge in [0.2, 0.25) is 11.8 Å². The summed E-state index contributed by atoms with van der Waals surface area (Å²) in [6, 6.07) is 13.0. The highest BCUT2D eigenvalue weighted by Crippen LogP contribution is 2.26. The van der Waals surface area contributed by atoms with Crippen molar-refractivity contribution in [1.82, 2.24) is 4.90 Å². The van der Waals surface area contributed by atoms with Gasteiger partial charge in [-0.1, -0.05) is 18.2 Å². The van der Waals surface area contributed by atoms with Gasteiger partial charge >= 0.3 is 0 Å². The Hall–Kier alpha value is -3.09. The number of ether oxygens (including phenoxy) is 2. The highest BCUT2D eigenvalue weighted by atomic mass is 19.1. The first-order valence-electron chi connectivity index (χ1n) is 9.13. The van der Waals surface area contributed by atoms with Crippen molar-refractivity contribution in [2.45, 2.75) is 19.8 Å². The lowest BCUT2D eigenvalue weighted by Crippen LogP contribution is -2.35. The predicted molar refractivity (Wildman–Crippen MR) is 105 cm³/mol. The minimum absolute atomic E-state index is 0.108. The molecule has 0 saturated carbocycles. The molecule has 0 fully saturated rings. The number of rotatable bonds is 10. The normalized spacial score (nSPS) is 10.2. The van der Waals surface area contributed by atoms with E-state index in [2.05, 4.69) is 5.32 Å². The summed E-state index contributed by atoms with van der Waals surface area (Å²) in [5.41, 5.74) is 0.354. The third-order valence-electron chi connectivity index (χ3n) is 3.86. The molecule has 150 valence electrons. The van der Waals surface area contributed by atoms with Crippen LogP contribution in [0.2, 0.25) is 0 Å². The molecule has 0 unspecified atom stereocenters. The maximum Gasteiger partial charge on any atom is 0.243 e. The second kappa shape index (κ2) is 10.9. The van der Waals surface area contributed by atoms with E-state index in [4.69, 9.17) is 9.47 Å². The smallest absolute Gasteiger partial charge is 0.243 e. The lowest BCUT2D eigenvalue weighted by Gasteiger charge is -2.17. The number of para-hydroxylation sites is 2. The lowest BCUT2D eigenvalue weighted by atomic mass is 10.2. The number of halogens is 1. The maximum atomic E-state index is 13.1. The zero-order valence-electron chi connectivity index (χ0n) is 16.1. The summed E-state index contributed by atoms with van der Waals surface area (Å²) < 4.78 is 24.3. The molecule has 2 amide bonds. The van der Waals surface area contributed by atoms with Gasteiger partial charge < -0.3 is 19.7 Å². The van der Waals surface area contributed by atoms with E-state index in [1.54, 1.807) is 13.1 Å². The van der Waals surface area contributed by atoms with Crippen LogP contribution in [0.4, 0.5) is 10.1 Å². The molecule has 0 aliphatic rings. The molecule has 0 bridgehead atoms. The Labute approximate surface area is 164 Å². The van der Waals surface area contributed by atoms with Gasteiger partial charge in [0.15, 0.2) is 11.5 Å². The minimum Gasteiger partial charge on any atom is -0.490 e. The van der Waals surface area contributed by atoms with E-state index in [9.17, 15) is 14.0 Å². The fourth-order valence-electron chi connectivity index (χ4n) is 2.51. The zero-order chi connectivity index (χ0) is 20.4. The molecule has 0 aliphatic carbocycles. The third-order valence-corrected chi connectivity index (χ3v) is 3.86. The minimum atomic E-state index is -0.437. The molecule has 6 nitrogen and oxygen atoms in total. The fraction of sp³-hybridized carbons (Fsp3) is 0.333. The highest BCUT2D eigenvalue weighted by Gasteiger charge is 2.13. The van der Waals surface area contributed by atoms with Crippen LogP contribution in [-0.4, -0.2) is 43.5 Å². The number of hydrogen-bond donors (Lipinski definition) is 1. The second-order valence-corrected chi connectivity index (χ2v) is 6.14. The lowest BCUT2D eigenvalue weighted by molar-refractivity contribution is -0.133. The van der Waals surface area contributed by atoms with Crippen molar-refractivity contribution in [3.05, 3.63) is 54.3 Å². The molecular weight excluding hydrogens is 363 g/mol. The average Bonchev–Trinajstić information content (AvgIpc) is 2.66. The molecule has 0 aliphatic heterocycles. The Morgan fingerprint density at radius 1 is 1.07 bits per heavy atom. The summed E-state index contributed by atoms with van der Waals surface area (Å²) in [4.78, 5) is 25.5. The van der Waals surface area contributed by atoms with Crippen LogP contribution in [0, 0.1) is 5.82 Å². The SMILES string of the molecule is CCOc1ccccc1OCCCC(=O)N(C)CC(=O)Nc1cccc(F)c1. The van der Waals surface area contributed by atoms with Gasteiger partial charge in [0, 0.05) is 19.2 Å². The molecule has 2 aromatic rings. The molecule has 2 aromatic carbocycles. The van der Waals surface area contributed by atoms with Crippen LogP contribution in [0.1, 0.15) is 19.8 Å². The second-order valence-electron chi connectivity index (χ2n) is 6.14. The summed E-state index contributed by atoms with van der Waals surface area (Å²) in [5, 5.41) is 2.56. The van der Waals surface area contributed by atoms with Crippen molar-refractivity contribution in [2.24, 2.45) is 0 Å². The first kappa shape index (κ1) is 21.2. The van der Waals surface area contributed by atoms with Crippen LogP contribution in [0.25, 0.3) is 0 Å². The van der Waals surface area contributed by atoms with Gasteiger partial charge in [-0.15, -0.1) is 0 Å². The molecule has 2 rings (SSSR count). The van der Waals surface area contributed by atoms with Crippen molar-refractivity contribution in [2.75, 3.05) is 32.1 Å². The van der Waals surface area contributed by atoms with E-state index in [1.807, 2.05) is 31.2 Å². The Balaban J connectivity index is 1.71. The van der Waals surface area contributed by atoms with Crippen LogP contribution in [0.15, 0.2) is 48.5 Å². The number of nitrogens with zero attached hydrogens (tertiary/aromatic N) is 1. The maximum absolute atomic E-state index is 13.1. The number of likely N-dealkylation sites (N-methyl/N-ethyl adjacent to an activating group) is 1. The molecular formula is C21H25FN2O4. The Bertz CT molecular complexity index is 797. The van der Waals surface area contributed by atoms with Gasteiger partial charge in [0.25, 0.3) is 0 Å². The molecule has 0 aromatic heterocycles. The topological polar surface area (TPSA) is 67.9 Å². The van der Waals surface area contributed by atoms with Gasteiger partial charge in [-0.25, -0.2) is 4.39 Å². The quantitative estimate of drug-likeness (QED) is 0.633. The van der Waals surface area contributed by atoms with E-state index in [0.717, 1.165) is 0 Å². The molecule has 0 atom stereocenters. The Morgan fingerprint density at radius 2 is 1.79 bits per heavy atom. The molecule has 0 radical (unpaired) electrons. The zero-order valence-corrected chi connectivity index (χ0v) is 16.1. The summed E-state index contributed by atoms with van der Waals surface area (Å²) in [5.74, 6) is 0.314. The van der Waals surface area contributed by atoms with Crippen molar-refractivity contribution >= 4 is 17.5 Å². The predicted octanol–water partition coefficient (Wildman–Crippen LogP) is 3.48. The van der Waals surface area contributed by atoms with Crippen molar-refractivity contribution in [3.63, 3.8) is 0 Å². The number of benzene rings is 2. The number of amides is 2. The highest BCUT2D eigenvalue weighted by molar-refractivity contribution is 5.94. The van der Waals surface area contributed by atoms with Crippen LogP contribution in [-0.2, 0) is 9.59 Å². The van der Waals surface area contributed by atoms with E-state index >= 15 is 0 Å². The van der Waals surface area contributed by atoms with Gasteiger partial charge in [-0.2, -0.15) is 0 Å². The first-order valence-corrected chi connectivity index (χ1v) is 9.13. The van der Waals surface area contributed by atoms with Crippen LogP contribution in [0.5, 0.6) is 11.5 Å². The molecule has 7 heteroatoms. The summed E-state index contributed by atoms with van der Waals surface area (Å²) in [6.45, 7) is 2.69. The van der Waals surface area contributed by atoms with Crippen molar-refractivity contribution in [1.29, 1.82) is 0 Å². The molecule has 28 heavy (non-hydrogen) atoms. The van der Waals surface area contributed by atoms with Gasteiger partial charge in [0.1, 0.15) is 5.82 Å². The fourth-order valence-corrected chi connectivity index (χ4v) is 2.51. The van der Waals surface area contributed by atoms with Gasteiger partial charge in [-0.05, 0) is 43.7 Å². The molecule has 0 saturated heterocycles. The van der Waals surface area contributed by atoms with Gasteiger partial charge in [0.05, 0.1) is 19.8 Å². The number of carbonyl (C=O) groups is 2. The Morgan fingerprint density at radius 3 is 2.46 bits per heavy atom.